The largest absolute Gasteiger partial charge is 0.493 e. The van der Waals surface area contributed by atoms with Gasteiger partial charge in [0.2, 0.25) is 0 Å². The molecule has 0 saturated heterocycles. The number of ether oxygens (including phenoxy) is 2. The average molecular weight is 236 g/mol. The molecule has 0 fully saturated rings. The van der Waals surface area contributed by atoms with E-state index in [1.54, 1.807) is 18.2 Å². The lowest BCUT2D eigenvalue weighted by atomic mass is 10.1. The molecular weight excluding hydrogens is 224 g/mol. The number of hydrogen-bond acceptors (Lipinski definition) is 5. The van der Waals surface area contributed by atoms with Crippen molar-refractivity contribution in [3.05, 3.63) is 34.2 Å². The number of benzene rings is 1. The predicted octanol–water partition coefficient (Wildman–Crippen LogP) is 1.30. The zero-order valence-electron chi connectivity index (χ0n) is 9.52. The average Bonchev–Trinajstić information content (AvgIpc) is 2.36. The van der Waals surface area contributed by atoms with E-state index < -0.39 is 5.63 Å². The van der Waals surface area contributed by atoms with Gasteiger partial charge in [0.25, 0.3) is 0 Å². The van der Waals surface area contributed by atoms with Gasteiger partial charge < -0.3 is 19.0 Å². The summed E-state index contributed by atoms with van der Waals surface area (Å²) in [5, 5.41) is 9.66. The van der Waals surface area contributed by atoms with Crippen molar-refractivity contribution < 1.29 is 19.0 Å². The Hall–Kier alpha value is -2.01. The second kappa shape index (κ2) is 4.47. The van der Waals surface area contributed by atoms with Gasteiger partial charge in [0.15, 0.2) is 11.5 Å². The van der Waals surface area contributed by atoms with Crippen molar-refractivity contribution in [2.24, 2.45) is 0 Å². The van der Waals surface area contributed by atoms with E-state index in [4.69, 9.17) is 19.0 Å². The topological polar surface area (TPSA) is 68.9 Å². The summed E-state index contributed by atoms with van der Waals surface area (Å²) in [5.41, 5.74) is 0.0572. The molecule has 0 aliphatic carbocycles. The molecule has 0 aliphatic rings. The number of aliphatic hydroxyl groups is 1. The summed E-state index contributed by atoms with van der Waals surface area (Å²) in [6.07, 6.45) is 0. The van der Waals surface area contributed by atoms with Crippen molar-refractivity contribution in [1.29, 1.82) is 0 Å². The normalized spacial score (nSPS) is 10.5. The Labute approximate surface area is 97.2 Å². The van der Waals surface area contributed by atoms with E-state index in [0.29, 0.717) is 22.5 Å². The van der Waals surface area contributed by atoms with Crippen molar-refractivity contribution in [2.75, 3.05) is 14.2 Å². The maximum Gasteiger partial charge on any atom is 0.341 e. The summed E-state index contributed by atoms with van der Waals surface area (Å²) < 4.78 is 15.3. The maximum atomic E-state index is 11.4. The number of fused-ring (bicyclic) bond motifs is 1. The highest BCUT2D eigenvalue weighted by atomic mass is 16.5. The highest BCUT2D eigenvalue weighted by molar-refractivity contribution is 5.81. The van der Waals surface area contributed by atoms with Gasteiger partial charge in [-0.05, 0) is 12.1 Å². The van der Waals surface area contributed by atoms with Gasteiger partial charge in [-0.15, -0.1) is 0 Å². The molecule has 1 aromatic heterocycles. The summed E-state index contributed by atoms with van der Waals surface area (Å²) in [4.78, 5) is 11.4. The van der Waals surface area contributed by atoms with Gasteiger partial charge in [0.05, 0.1) is 26.4 Å². The third-order valence-corrected chi connectivity index (χ3v) is 2.48. The minimum Gasteiger partial charge on any atom is -0.493 e. The number of aliphatic hydroxyl groups excluding tert-OH is 1. The van der Waals surface area contributed by atoms with Crippen LogP contribution in [0.4, 0.5) is 0 Å². The fourth-order valence-electron chi connectivity index (χ4n) is 1.60. The molecule has 5 nitrogen and oxygen atoms in total. The summed E-state index contributed by atoms with van der Waals surface area (Å²) in [5.74, 6) is 1.03. The molecule has 5 heteroatoms. The second-order valence-corrected chi connectivity index (χ2v) is 3.46. The van der Waals surface area contributed by atoms with Crippen LogP contribution in [0.3, 0.4) is 0 Å². The van der Waals surface area contributed by atoms with E-state index in [9.17, 15) is 4.79 Å². The van der Waals surface area contributed by atoms with Crippen LogP contribution in [0.1, 0.15) is 5.56 Å². The monoisotopic (exact) mass is 236 g/mol. The van der Waals surface area contributed by atoms with Crippen LogP contribution in [0.15, 0.2) is 27.4 Å². The zero-order valence-corrected chi connectivity index (χ0v) is 9.52. The lowest BCUT2D eigenvalue weighted by Crippen LogP contribution is -2.06. The summed E-state index contributed by atoms with van der Waals surface area (Å²) >= 11 is 0. The smallest absolute Gasteiger partial charge is 0.341 e. The first-order valence-corrected chi connectivity index (χ1v) is 4.99. The molecule has 90 valence electrons. The van der Waals surface area contributed by atoms with E-state index >= 15 is 0 Å². The molecule has 2 rings (SSSR count). The lowest BCUT2D eigenvalue weighted by molar-refractivity contribution is 0.276. The van der Waals surface area contributed by atoms with Crippen LogP contribution in [-0.2, 0) is 6.61 Å². The molecule has 17 heavy (non-hydrogen) atoms. The van der Waals surface area contributed by atoms with Crippen LogP contribution in [0.25, 0.3) is 11.0 Å². The Morgan fingerprint density at radius 3 is 2.41 bits per heavy atom. The van der Waals surface area contributed by atoms with Crippen LogP contribution in [0.2, 0.25) is 0 Å². The Kier molecular flexibility index (Phi) is 3.01. The van der Waals surface area contributed by atoms with E-state index in [1.807, 2.05) is 0 Å². The van der Waals surface area contributed by atoms with Crippen molar-refractivity contribution in [3.8, 4) is 11.5 Å². The summed E-state index contributed by atoms with van der Waals surface area (Å²) in [6.45, 7) is -0.355. The van der Waals surface area contributed by atoms with Gasteiger partial charge in [-0.3, -0.25) is 0 Å². The number of rotatable bonds is 3. The van der Waals surface area contributed by atoms with Crippen molar-refractivity contribution >= 4 is 11.0 Å². The first-order valence-electron chi connectivity index (χ1n) is 4.99. The Morgan fingerprint density at radius 2 is 1.82 bits per heavy atom. The van der Waals surface area contributed by atoms with Gasteiger partial charge in [0.1, 0.15) is 5.58 Å². The number of hydrogen-bond donors (Lipinski definition) is 1. The van der Waals surface area contributed by atoms with Gasteiger partial charge in [-0.2, -0.15) is 0 Å². The Balaban J connectivity index is 2.74. The maximum absolute atomic E-state index is 11.4. The predicted molar refractivity (Wildman–Crippen MR) is 61.5 cm³/mol. The fraction of sp³-hybridized carbons (Fsp3) is 0.250. The first kappa shape index (κ1) is 11.5. The molecule has 0 atom stereocenters. The highest BCUT2D eigenvalue weighted by Gasteiger charge is 2.10. The lowest BCUT2D eigenvalue weighted by Gasteiger charge is -2.08. The van der Waals surface area contributed by atoms with Crippen LogP contribution >= 0.6 is 0 Å². The second-order valence-electron chi connectivity index (χ2n) is 3.46. The fourth-order valence-corrected chi connectivity index (χ4v) is 1.60. The third kappa shape index (κ3) is 1.97. The van der Waals surface area contributed by atoms with Gasteiger partial charge >= 0.3 is 5.63 Å². The summed E-state index contributed by atoms with van der Waals surface area (Å²) in [7, 11) is 3.03. The molecule has 2 aromatic rings. The minimum atomic E-state index is -0.549. The van der Waals surface area contributed by atoms with Gasteiger partial charge in [-0.1, -0.05) is 0 Å². The molecule has 0 unspecified atom stereocenters. The van der Waals surface area contributed by atoms with Crippen molar-refractivity contribution in [2.45, 2.75) is 6.61 Å². The van der Waals surface area contributed by atoms with E-state index in [1.165, 1.54) is 14.2 Å². The molecule has 1 N–H and O–H groups in total. The molecule has 1 aromatic carbocycles. The van der Waals surface area contributed by atoms with Crippen molar-refractivity contribution in [1.82, 2.24) is 0 Å². The first-order chi connectivity index (χ1) is 8.19. The van der Waals surface area contributed by atoms with Crippen molar-refractivity contribution in [3.63, 3.8) is 0 Å². The Morgan fingerprint density at radius 1 is 1.18 bits per heavy atom. The van der Waals surface area contributed by atoms with Crippen LogP contribution in [0.5, 0.6) is 11.5 Å². The zero-order chi connectivity index (χ0) is 12.4. The quantitative estimate of drug-likeness (QED) is 0.813. The minimum absolute atomic E-state index is 0.213. The SMILES string of the molecule is COc1cc2cc(CO)c(=O)oc2cc1OC. The molecule has 0 saturated carbocycles. The van der Waals surface area contributed by atoms with Crippen LogP contribution in [-0.4, -0.2) is 19.3 Å². The number of methoxy groups -OCH3 is 2. The molecule has 0 amide bonds. The third-order valence-electron chi connectivity index (χ3n) is 2.48. The van der Waals surface area contributed by atoms with Gasteiger partial charge in [0, 0.05) is 11.5 Å². The standard InChI is InChI=1S/C12H12O5/c1-15-10-4-7-3-8(6-13)12(14)17-9(7)5-11(10)16-2/h3-5,13H,6H2,1-2H3. The molecular formula is C12H12O5. The van der Waals surface area contributed by atoms with E-state index in [0.717, 1.165) is 0 Å². The van der Waals surface area contributed by atoms with Crippen LogP contribution in [0, 0.1) is 0 Å². The highest BCUT2D eigenvalue weighted by Crippen LogP contribution is 2.31. The Bertz CT molecular complexity index is 600. The van der Waals surface area contributed by atoms with E-state index in [-0.39, 0.29) is 12.2 Å². The molecule has 0 bridgehead atoms. The molecule has 1 heterocycles. The summed E-state index contributed by atoms with van der Waals surface area (Å²) in [6, 6.07) is 4.84. The van der Waals surface area contributed by atoms with Gasteiger partial charge in [-0.25, -0.2) is 4.79 Å². The molecule has 0 aliphatic heterocycles. The molecule has 0 radical (unpaired) electrons. The van der Waals surface area contributed by atoms with E-state index in [2.05, 4.69) is 0 Å². The molecule has 0 spiro atoms. The van der Waals surface area contributed by atoms with Crippen LogP contribution < -0.4 is 15.1 Å².